The molecule has 1 heterocycles. The van der Waals surface area contributed by atoms with E-state index < -0.39 is 11.6 Å². The molecule has 0 saturated heterocycles. The van der Waals surface area contributed by atoms with Gasteiger partial charge >= 0.3 is 0 Å². The monoisotopic (exact) mass is 288 g/mol. The van der Waals surface area contributed by atoms with Crippen molar-refractivity contribution < 1.29 is 13.6 Å². The van der Waals surface area contributed by atoms with E-state index in [1.807, 2.05) is 36.2 Å². The van der Waals surface area contributed by atoms with Gasteiger partial charge in [-0.25, -0.2) is 8.78 Å². The van der Waals surface area contributed by atoms with Gasteiger partial charge in [0.15, 0.2) is 11.6 Å². The molecule has 0 atom stereocenters. The molecule has 2 aromatic carbocycles. The molecule has 3 nitrogen and oxygen atoms in total. The van der Waals surface area contributed by atoms with E-state index in [0.717, 1.165) is 23.5 Å². The molecule has 0 bridgehead atoms. The zero-order valence-corrected chi connectivity index (χ0v) is 11.5. The molecule has 0 radical (unpaired) electrons. The van der Waals surface area contributed by atoms with Crippen LogP contribution in [-0.4, -0.2) is 26.4 Å². The van der Waals surface area contributed by atoms with Crippen LogP contribution in [0.15, 0.2) is 36.4 Å². The zero-order chi connectivity index (χ0) is 15.0. The first kappa shape index (κ1) is 13.5. The first-order chi connectivity index (χ1) is 10.1. The topological polar surface area (TPSA) is 23.6 Å². The van der Waals surface area contributed by atoms with Crippen molar-refractivity contribution in [3.8, 4) is 0 Å². The fourth-order valence-electron chi connectivity index (χ4n) is 2.65. The maximum atomic E-state index is 14.2. The van der Waals surface area contributed by atoms with Gasteiger partial charge in [0.1, 0.15) is 12.0 Å². The summed E-state index contributed by atoms with van der Waals surface area (Å²) in [5.74, 6) is -1.45. The molecule has 0 amide bonds. The lowest BCUT2D eigenvalue weighted by molar-refractivity contribution is 0.112. The number of nitrogens with zero attached hydrogens (tertiary/aromatic N) is 2. The van der Waals surface area contributed by atoms with Gasteiger partial charge in [-0.05, 0) is 24.3 Å². The highest BCUT2D eigenvalue weighted by atomic mass is 19.1. The lowest BCUT2D eigenvalue weighted by Crippen LogP contribution is -2.37. The van der Waals surface area contributed by atoms with Gasteiger partial charge in [0.05, 0.1) is 11.4 Å². The Bertz CT molecular complexity index is 679. The number of para-hydroxylation sites is 2. The van der Waals surface area contributed by atoms with Crippen molar-refractivity contribution in [3.63, 3.8) is 0 Å². The summed E-state index contributed by atoms with van der Waals surface area (Å²) in [5.41, 5.74) is 1.56. The molecule has 0 N–H and O–H groups in total. The quantitative estimate of drug-likeness (QED) is 0.792. The van der Waals surface area contributed by atoms with E-state index in [0.29, 0.717) is 19.4 Å². The van der Waals surface area contributed by atoms with E-state index in [9.17, 15) is 13.6 Å². The number of carbonyl (C=O) groups is 1. The number of likely N-dealkylation sites (N-methyl/N-ethyl adjacent to an activating group) is 1. The number of halogens is 2. The van der Waals surface area contributed by atoms with Gasteiger partial charge in [0.2, 0.25) is 0 Å². The molecule has 0 aliphatic carbocycles. The minimum atomic E-state index is -0.726. The van der Waals surface area contributed by atoms with Crippen molar-refractivity contribution in [1.29, 1.82) is 0 Å². The highest BCUT2D eigenvalue weighted by Gasteiger charge is 2.26. The molecular formula is C16H14F2N2O. The fraction of sp³-hybridized carbons (Fsp3) is 0.188. The van der Waals surface area contributed by atoms with Crippen LogP contribution in [0.1, 0.15) is 10.4 Å². The van der Waals surface area contributed by atoms with Gasteiger partial charge < -0.3 is 9.80 Å². The van der Waals surface area contributed by atoms with Crippen molar-refractivity contribution in [2.45, 2.75) is 0 Å². The Kier molecular flexibility index (Phi) is 3.33. The van der Waals surface area contributed by atoms with Gasteiger partial charge in [-0.15, -0.1) is 0 Å². The maximum Gasteiger partial charge on any atom is 0.150 e. The predicted octanol–water partition coefficient (Wildman–Crippen LogP) is 3.37. The van der Waals surface area contributed by atoms with Crippen molar-refractivity contribution in [2.75, 3.05) is 29.9 Å². The summed E-state index contributed by atoms with van der Waals surface area (Å²) in [4.78, 5) is 14.3. The Labute approximate surface area is 121 Å². The third kappa shape index (κ3) is 2.24. The molecule has 21 heavy (non-hydrogen) atoms. The van der Waals surface area contributed by atoms with Crippen molar-refractivity contribution in [1.82, 2.24) is 0 Å². The minimum Gasteiger partial charge on any atom is -0.371 e. The molecule has 0 spiro atoms. The number of aldehydes is 1. The van der Waals surface area contributed by atoms with Crippen LogP contribution in [0.3, 0.4) is 0 Å². The van der Waals surface area contributed by atoms with E-state index in [-0.39, 0.29) is 11.3 Å². The second-order valence-electron chi connectivity index (χ2n) is 5.01. The summed E-state index contributed by atoms with van der Waals surface area (Å²) < 4.78 is 28.4. The van der Waals surface area contributed by atoms with Crippen LogP contribution in [-0.2, 0) is 0 Å². The lowest BCUT2D eigenvalue weighted by atomic mass is 10.1. The number of anilines is 3. The number of hydrogen-bond donors (Lipinski definition) is 0. The van der Waals surface area contributed by atoms with E-state index >= 15 is 0 Å². The average Bonchev–Trinajstić information content (AvgIpc) is 2.49. The molecule has 1 aliphatic rings. The molecule has 1 aliphatic heterocycles. The normalized spacial score (nSPS) is 14.0. The maximum absolute atomic E-state index is 14.2. The van der Waals surface area contributed by atoms with E-state index in [1.54, 1.807) is 4.90 Å². The molecule has 108 valence electrons. The second kappa shape index (κ2) is 5.16. The fourth-order valence-corrected chi connectivity index (χ4v) is 2.65. The zero-order valence-electron chi connectivity index (χ0n) is 11.5. The van der Waals surface area contributed by atoms with Crippen molar-refractivity contribution in [3.05, 3.63) is 53.6 Å². The summed E-state index contributed by atoms with van der Waals surface area (Å²) in [6.45, 7) is 1.13. The van der Waals surface area contributed by atoms with Crippen molar-refractivity contribution in [2.24, 2.45) is 0 Å². The van der Waals surface area contributed by atoms with Crippen LogP contribution in [0.5, 0.6) is 0 Å². The Morgan fingerprint density at radius 3 is 2.29 bits per heavy atom. The second-order valence-corrected chi connectivity index (χ2v) is 5.01. The number of rotatable bonds is 2. The molecule has 2 aromatic rings. The summed E-state index contributed by atoms with van der Waals surface area (Å²) in [5, 5.41) is 0. The molecule has 0 saturated carbocycles. The smallest absolute Gasteiger partial charge is 0.150 e. The minimum absolute atomic E-state index is 0.00355. The van der Waals surface area contributed by atoms with Crippen LogP contribution in [0.4, 0.5) is 25.8 Å². The third-order valence-corrected chi connectivity index (χ3v) is 3.69. The Balaban J connectivity index is 2.14. The van der Waals surface area contributed by atoms with Crippen LogP contribution >= 0.6 is 0 Å². The SMILES string of the molecule is CN1CCN(c2c(F)cc(C=O)cc2F)c2ccccc21. The number of benzene rings is 2. The molecule has 0 unspecified atom stereocenters. The van der Waals surface area contributed by atoms with Gasteiger partial charge in [0.25, 0.3) is 0 Å². The first-order valence-electron chi connectivity index (χ1n) is 6.63. The Morgan fingerprint density at radius 1 is 1.05 bits per heavy atom. The Hall–Kier alpha value is -2.43. The van der Waals surface area contributed by atoms with Gasteiger partial charge in [-0.3, -0.25) is 4.79 Å². The molecule has 3 rings (SSSR count). The molecule has 0 aromatic heterocycles. The Morgan fingerprint density at radius 2 is 1.67 bits per heavy atom. The van der Waals surface area contributed by atoms with Gasteiger partial charge in [0, 0.05) is 25.7 Å². The predicted molar refractivity (Wildman–Crippen MR) is 78.5 cm³/mol. The first-order valence-corrected chi connectivity index (χ1v) is 6.63. The number of hydrogen-bond acceptors (Lipinski definition) is 3. The molecular weight excluding hydrogens is 274 g/mol. The van der Waals surface area contributed by atoms with E-state index in [2.05, 4.69) is 0 Å². The van der Waals surface area contributed by atoms with Gasteiger partial charge in [-0.1, -0.05) is 12.1 Å². The summed E-state index contributed by atoms with van der Waals surface area (Å²) >= 11 is 0. The van der Waals surface area contributed by atoms with Crippen LogP contribution in [0.25, 0.3) is 0 Å². The van der Waals surface area contributed by atoms with Crippen molar-refractivity contribution >= 4 is 23.3 Å². The average molecular weight is 288 g/mol. The van der Waals surface area contributed by atoms with E-state index in [1.165, 1.54) is 0 Å². The third-order valence-electron chi connectivity index (χ3n) is 3.69. The highest BCUT2D eigenvalue weighted by molar-refractivity contribution is 5.81. The van der Waals surface area contributed by atoms with Crippen LogP contribution in [0.2, 0.25) is 0 Å². The summed E-state index contributed by atoms with van der Waals surface area (Å²) in [7, 11) is 1.94. The molecule has 5 heteroatoms. The number of fused-ring (bicyclic) bond motifs is 1. The largest absolute Gasteiger partial charge is 0.371 e. The summed E-state index contributed by atoms with van der Waals surface area (Å²) in [6.07, 6.45) is 0.438. The number of carbonyl (C=O) groups excluding carboxylic acids is 1. The summed E-state index contributed by atoms with van der Waals surface area (Å²) in [6, 6.07) is 9.59. The lowest BCUT2D eigenvalue weighted by Gasteiger charge is -2.37. The van der Waals surface area contributed by atoms with Crippen LogP contribution in [0, 0.1) is 11.6 Å². The molecule has 0 fully saturated rings. The van der Waals surface area contributed by atoms with Crippen LogP contribution < -0.4 is 9.80 Å². The van der Waals surface area contributed by atoms with E-state index in [4.69, 9.17) is 0 Å². The standard InChI is InChI=1S/C16H14F2N2O/c1-19-6-7-20(15-5-3-2-4-14(15)19)16-12(17)8-11(10-21)9-13(16)18/h2-5,8-10H,6-7H2,1H3. The highest BCUT2D eigenvalue weighted by Crippen LogP contribution is 2.39. The van der Waals surface area contributed by atoms with Gasteiger partial charge in [-0.2, -0.15) is 0 Å².